The van der Waals surface area contributed by atoms with Crippen LogP contribution in [-0.4, -0.2) is 10.2 Å². The van der Waals surface area contributed by atoms with Gasteiger partial charge >= 0.3 is 0 Å². The van der Waals surface area contributed by atoms with Gasteiger partial charge < -0.3 is 10.2 Å². The maximum Gasteiger partial charge on any atom is 0.117 e. The van der Waals surface area contributed by atoms with E-state index in [9.17, 15) is 10.2 Å². The van der Waals surface area contributed by atoms with Crippen LogP contribution in [0, 0.1) is 0 Å². The molecule has 0 aliphatic heterocycles. The molecule has 17 heavy (non-hydrogen) atoms. The van der Waals surface area contributed by atoms with Gasteiger partial charge in [0.15, 0.2) is 0 Å². The Bertz CT molecular complexity index is 463. The Morgan fingerprint density at radius 3 is 1.88 bits per heavy atom. The lowest BCUT2D eigenvalue weighted by Crippen LogP contribution is -2.29. The van der Waals surface area contributed by atoms with Gasteiger partial charge in [0.1, 0.15) is 11.7 Å². The Balaban J connectivity index is 2.33. The molecule has 0 spiro atoms. The molecule has 2 nitrogen and oxygen atoms in total. The van der Waals surface area contributed by atoms with E-state index in [0.29, 0.717) is 11.1 Å². The van der Waals surface area contributed by atoms with Crippen molar-refractivity contribution in [1.82, 2.24) is 0 Å². The second-order valence-corrected chi connectivity index (χ2v) is 4.33. The zero-order valence-corrected chi connectivity index (χ0v) is 9.75. The minimum Gasteiger partial charge on any atom is -0.385 e. The Morgan fingerprint density at radius 1 is 0.882 bits per heavy atom. The number of hydrogen-bond acceptors (Lipinski definition) is 2. The van der Waals surface area contributed by atoms with Crippen LogP contribution >= 0.6 is 0 Å². The van der Waals surface area contributed by atoms with E-state index >= 15 is 0 Å². The molecule has 0 amide bonds. The molecule has 0 saturated heterocycles. The molecule has 0 aliphatic rings. The van der Waals surface area contributed by atoms with Crippen molar-refractivity contribution in [3.63, 3.8) is 0 Å². The molecule has 0 fully saturated rings. The molecule has 2 aromatic rings. The second-order valence-electron chi connectivity index (χ2n) is 4.33. The minimum absolute atomic E-state index is 0.705. The van der Waals surface area contributed by atoms with E-state index in [1.807, 2.05) is 60.7 Å². The summed E-state index contributed by atoms with van der Waals surface area (Å²) >= 11 is 0. The molecule has 2 aromatic carbocycles. The molecule has 0 aromatic heterocycles. The molecule has 2 atom stereocenters. The first-order valence-corrected chi connectivity index (χ1v) is 5.63. The summed E-state index contributed by atoms with van der Waals surface area (Å²) in [5.41, 5.74) is 0.125. The summed E-state index contributed by atoms with van der Waals surface area (Å²) in [4.78, 5) is 0. The number of benzene rings is 2. The SMILES string of the molecule is C[C@](O)(c1ccccc1)[C@H](O)c1ccccc1. The highest BCUT2D eigenvalue weighted by molar-refractivity contribution is 5.28. The third kappa shape index (κ3) is 2.38. The fourth-order valence-electron chi connectivity index (χ4n) is 1.89. The fraction of sp³-hybridized carbons (Fsp3) is 0.200. The highest BCUT2D eigenvalue weighted by Gasteiger charge is 2.33. The highest BCUT2D eigenvalue weighted by Crippen LogP contribution is 2.34. The number of hydrogen-bond donors (Lipinski definition) is 2. The first-order valence-electron chi connectivity index (χ1n) is 5.63. The van der Waals surface area contributed by atoms with Crippen molar-refractivity contribution in [3.8, 4) is 0 Å². The summed E-state index contributed by atoms with van der Waals surface area (Å²) in [5.74, 6) is 0. The molecule has 0 aliphatic carbocycles. The summed E-state index contributed by atoms with van der Waals surface area (Å²) < 4.78 is 0. The molecule has 2 heteroatoms. The van der Waals surface area contributed by atoms with Crippen LogP contribution in [0.4, 0.5) is 0 Å². The van der Waals surface area contributed by atoms with E-state index in [4.69, 9.17) is 0 Å². The predicted octanol–water partition coefficient (Wildman–Crippen LogP) is 2.63. The summed E-state index contributed by atoms with van der Waals surface area (Å²) in [6, 6.07) is 18.4. The molecular formula is C15H16O2. The Morgan fingerprint density at radius 2 is 1.35 bits per heavy atom. The Labute approximate surface area is 101 Å². The maximum absolute atomic E-state index is 10.5. The van der Waals surface area contributed by atoms with Gasteiger partial charge in [-0.1, -0.05) is 60.7 Å². The lowest BCUT2D eigenvalue weighted by Gasteiger charge is -2.29. The van der Waals surface area contributed by atoms with Gasteiger partial charge in [-0.05, 0) is 18.1 Å². The van der Waals surface area contributed by atoms with Gasteiger partial charge in [0, 0.05) is 0 Å². The molecular weight excluding hydrogens is 212 g/mol. The minimum atomic E-state index is -1.29. The smallest absolute Gasteiger partial charge is 0.117 e. The summed E-state index contributed by atoms with van der Waals surface area (Å²) in [6.07, 6.45) is -0.939. The van der Waals surface area contributed by atoms with E-state index in [1.165, 1.54) is 0 Å². The van der Waals surface area contributed by atoms with Gasteiger partial charge in [-0.2, -0.15) is 0 Å². The number of rotatable bonds is 3. The van der Waals surface area contributed by atoms with Gasteiger partial charge in [0.05, 0.1) is 0 Å². The van der Waals surface area contributed by atoms with Crippen molar-refractivity contribution in [2.24, 2.45) is 0 Å². The van der Waals surface area contributed by atoms with E-state index in [1.54, 1.807) is 6.92 Å². The highest BCUT2D eigenvalue weighted by atomic mass is 16.3. The summed E-state index contributed by atoms with van der Waals surface area (Å²) in [5, 5.41) is 20.7. The second kappa shape index (κ2) is 4.70. The van der Waals surface area contributed by atoms with Crippen molar-refractivity contribution in [2.75, 3.05) is 0 Å². The quantitative estimate of drug-likeness (QED) is 0.847. The standard InChI is InChI=1S/C15H16O2/c1-15(17,13-10-6-3-7-11-13)14(16)12-8-4-2-5-9-12/h2-11,14,16-17H,1H3/t14-,15+/m1/s1. The van der Waals surface area contributed by atoms with Crippen LogP contribution in [0.15, 0.2) is 60.7 Å². The normalized spacial score (nSPS) is 16.2. The van der Waals surface area contributed by atoms with E-state index < -0.39 is 11.7 Å². The van der Waals surface area contributed by atoms with Crippen LogP contribution in [-0.2, 0) is 5.60 Å². The molecule has 88 valence electrons. The van der Waals surface area contributed by atoms with Crippen molar-refractivity contribution >= 4 is 0 Å². The molecule has 0 radical (unpaired) electrons. The topological polar surface area (TPSA) is 40.5 Å². The monoisotopic (exact) mass is 228 g/mol. The van der Waals surface area contributed by atoms with Crippen LogP contribution in [0.3, 0.4) is 0 Å². The van der Waals surface area contributed by atoms with E-state index in [-0.39, 0.29) is 0 Å². The van der Waals surface area contributed by atoms with Gasteiger partial charge in [0.2, 0.25) is 0 Å². The molecule has 0 unspecified atom stereocenters. The first kappa shape index (κ1) is 11.8. The average molecular weight is 228 g/mol. The molecule has 0 saturated carbocycles. The van der Waals surface area contributed by atoms with Gasteiger partial charge in [-0.15, -0.1) is 0 Å². The summed E-state index contributed by atoms with van der Waals surface area (Å²) in [6.45, 7) is 1.62. The van der Waals surface area contributed by atoms with Crippen LogP contribution in [0.1, 0.15) is 24.2 Å². The third-order valence-electron chi connectivity index (χ3n) is 3.01. The van der Waals surface area contributed by atoms with Crippen LogP contribution in [0.2, 0.25) is 0 Å². The van der Waals surface area contributed by atoms with Crippen molar-refractivity contribution in [1.29, 1.82) is 0 Å². The van der Waals surface area contributed by atoms with Crippen LogP contribution in [0.25, 0.3) is 0 Å². The van der Waals surface area contributed by atoms with Crippen molar-refractivity contribution in [3.05, 3.63) is 71.8 Å². The van der Waals surface area contributed by atoms with Crippen LogP contribution < -0.4 is 0 Å². The lowest BCUT2D eigenvalue weighted by atomic mass is 9.86. The van der Waals surface area contributed by atoms with Crippen molar-refractivity contribution < 1.29 is 10.2 Å². The largest absolute Gasteiger partial charge is 0.385 e. The van der Waals surface area contributed by atoms with Gasteiger partial charge in [-0.3, -0.25) is 0 Å². The van der Waals surface area contributed by atoms with Gasteiger partial charge in [-0.25, -0.2) is 0 Å². The summed E-state index contributed by atoms with van der Waals surface area (Å²) in [7, 11) is 0. The third-order valence-corrected chi connectivity index (χ3v) is 3.01. The first-order chi connectivity index (χ1) is 8.12. The number of aliphatic hydroxyl groups excluding tert-OH is 1. The Hall–Kier alpha value is -1.64. The molecule has 2 N–H and O–H groups in total. The Kier molecular flexibility index (Phi) is 3.27. The van der Waals surface area contributed by atoms with Crippen molar-refractivity contribution in [2.45, 2.75) is 18.6 Å². The lowest BCUT2D eigenvalue weighted by molar-refractivity contribution is -0.0690. The maximum atomic E-state index is 10.5. The molecule has 2 rings (SSSR count). The zero-order valence-electron chi connectivity index (χ0n) is 9.75. The van der Waals surface area contributed by atoms with Crippen LogP contribution in [0.5, 0.6) is 0 Å². The van der Waals surface area contributed by atoms with E-state index in [2.05, 4.69) is 0 Å². The average Bonchev–Trinajstić information content (AvgIpc) is 2.40. The number of aliphatic hydroxyl groups is 2. The van der Waals surface area contributed by atoms with Gasteiger partial charge in [0.25, 0.3) is 0 Å². The molecule has 0 bridgehead atoms. The fourth-order valence-corrected chi connectivity index (χ4v) is 1.89. The zero-order chi connectivity index (χ0) is 12.3. The molecule has 0 heterocycles. The van der Waals surface area contributed by atoms with E-state index in [0.717, 1.165) is 0 Å². The predicted molar refractivity (Wildman–Crippen MR) is 67.4 cm³/mol.